The number of hydrogen-bond acceptors (Lipinski definition) is 2. The van der Waals surface area contributed by atoms with E-state index < -0.39 is 0 Å². The lowest BCUT2D eigenvalue weighted by Crippen LogP contribution is -2.51. The molecule has 1 aromatic rings. The average Bonchev–Trinajstić information content (AvgIpc) is 2.98. The second kappa shape index (κ2) is 5.45. The first-order valence-corrected chi connectivity index (χ1v) is 8.43. The summed E-state index contributed by atoms with van der Waals surface area (Å²) in [6.45, 7) is 1.81. The zero-order valence-corrected chi connectivity index (χ0v) is 12.6. The summed E-state index contributed by atoms with van der Waals surface area (Å²) >= 11 is 0. The highest BCUT2D eigenvalue weighted by atomic mass is 16.2. The van der Waals surface area contributed by atoms with Gasteiger partial charge in [0.2, 0.25) is 5.91 Å². The van der Waals surface area contributed by atoms with Crippen LogP contribution in [0, 0.1) is 5.92 Å². The van der Waals surface area contributed by atoms with Crippen LogP contribution in [0.5, 0.6) is 0 Å². The summed E-state index contributed by atoms with van der Waals surface area (Å²) in [5.41, 5.74) is 2.69. The summed E-state index contributed by atoms with van der Waals surface area (Å²) in [6, 6.07) is 9.01. The molecule has 1 saturated heterocycles. The van der Waals surface area contributed by atoms with Crippen molar-refractivity contribution in [3.63, 3.8) is 0 Å². The van der Waals surface area contributed by atoms with E-state index in [1.54, 1.807) is 0 Å². The first-order valence-electron chi connectivity index (χ1n) is 8.43. The Morgan fingerprint density at radius 2 is 1.90 bits per heavy atom. The molecule has 2 aliphatic heterocycles. The van der Waals surface area contributed by atoms with Gasteiger partial charge in [-0.3, -0.25) is 4.79 Å². The molecule has 0 aromatic heterocycles. The van der Waals surface area contributed by atoms with Crippen LogP contribution in [0.2, 0.25) is 0 Å². The minimum atomic E-state index is -0.0134. The zero-order chi connectivity index (χ0) is 14.2. The summed E-state index contributed by atoms with van der Waals surface area (Å²) in [5, 5.41) is 3.46. The minimum Gasteiger partial charge on any atom is -0.338 e. The van der Waals surface area contributed by atoms with Crippen molar-refractivity contribution in [2.75, 3.05) is 6.54 Å². The number of carbonyl (C=O) groups is 1. The number of nitrogens with zero attached hydrogens (tertiary/aromatic N) is 1. The summed E-state index contributed by atoms with van der Waals surface area (Å²) < 4.78 is 0. The third-order valence-corrected chi connectivity index (χ3v) is 5.67. The molecular formula is C18H24N2O. The van der Waals surface area contributed by atoms with Crippen LogP contribution >= 0.6 is 0 Å². The summed E-state index contributed by atoms with van der Waals surface area (Å²) in [5.74, 6) is 1.12. The van der Waals surface area contributed by atoms with Crippen LogP contribution in [0.15, 0.2) is 24.3 Å². The molecule has 3 nitrogen and oxygen atoms in total. The Kier molecular flexibility index (Phi) is 3.46. The van der Waals surface area contributed by atoms with Crippen LogP contribution in [0.1, 0.15) is 43.2 Å². The molecule has 1 N–H and O–H groups in total. The number of carbonyl (C=O) groups excluding carboxylic acids is 1. The Labute approximate surface area is 126 Å². The number of nitrogens with one attached hydrogen (secondary N) is 1. The van der Waals surface area contributed by atoms with Gasteiger partial charge < -0.3 is 10.2 Å². The molecule has 3 heteroatoms. The molecule has 2 heterocycles. The zero-order valence-electron chi connectivity index (χ0n) is 12.6. The topological polar surface area (TPSA) is 32.3 Å². The van der Waals surface area contributed by atoms with Crippen molar-refractivity contribution in [3.8, 4) is 0 Å². The van der Waals surface area contributed by atoms with Gasteiger partial charge in [-0.2, -0.15) is 0 Å². The van der Waals surface area contributed by atoms with Crippen molar-refractivity contribution < 1.29 is 4.79 Å². The molecule has 112 valence electrons. The van der Waals surface area contributed by atoms with Crippen molar-refractivity contribution in [1.29, 1.82) is 0 Å². The minimum absolute atomic E-state index is 0.0134. The predicted octanol–water partition coefficient (Wildman–Crippen LogP) is 2.49. The van der Waals surface area contributed by atoms with Gasteiger partial charge >= 0.3 is 0 Å². The normalized spacial score (nSPS) is 31.6. The van der Waals surface area contributed by atoms with Gasteiger partial charge in [-0.1, -0.05) is 37.1 Å². The highest BCUT2D eigenvalue weighted by Crippen LogP contribution is 2.36. The van der Waals surface area contributed by atoms with Gasteiger partial charge in [-0.05, 0) is 42.7 Å². The molecule has 1 aliphatic carbocycles. The van der Waals surface area contributed by atoms with Gasteiger partial charge in [0.15, 0.2) is 0 Å². The Morgan fingerprint density at radius 1 is 1.10 bits per heavy atom. The highest BCUT2D eigenvalue weighted by molar-refractivity contribution is 5.83. The molecular weight excluding hydrogens is 260 g/mol. The second-order valence-electron chi connectivity index (χ2n) is 6.84. The molecule has 0 spiro atoms. The van der Waals surface area contributed by atoms with Gasteiger partial charge in [-0.25, -0.2) is 0 Å². The van der Waals surface area contributed by atoms with E-state index in [9.17, 15) is 4.79 Å². The van der Waals surface area contributed by atoms with Crippen LogP contribution in [0.25, 0.3) is 0 Å². The van der Waals surface area contributed by atoms with Crippen LogP contribution in [-0.4, -0.2) is 29.4 Å². The molecule has 4 rings (SSSR count). The van der Waals surface area contributed by atoms with Crippen LogP contribution in [-0.2, 0) is 17.8 Å². The van der Waals surface area contributed by atoms with E-state index in [1.165, 1.54) is 43.2 Å². The number of hydrogen-bond donors (Lipinski definition) is 1. The first-order chi connectivity index (χ1) is 10.3. The maximum absolute atomic E-state index is 12.9. The van der Waals surface area contributed by atoms with Crippen molar-refractivity contribution in [2.24, 2.45) is 5.92 Å². The van der Waals surface area contributed by atoms with Gasteiger partial charge in [0, 0.05) is 19.1 Å². The lowest BCUT2D eigenvalue weighted by atomic mass is 9.85. The maximum atomic E-state index is 12.9. The average molecular weight is 284 g/mol. The van der Waals surface area contributed by atoms with Crippen LogP contribution in [0.4, 0.5) is 0 Å². The molecule has 3 unspecified atom stereocenters. The molecule has 21 heavy (non-hydrogen) atoms. The van der Waals surface area contributed by atoms with E-state index in [2.05, 4.69) is 34.5 Å². The summed E-state index contributed by atoms with van der Waals surface area (Å²) in [4.78, 5) is 15.1. The fourth-order valence-corrected chi connectivity index (χ4v) is 4.51. The summed E-state index contributed by atoms with van der Waals surface area (Å²) in [6.07, 6.45) is 7.28. The Balaban J connectivity index is 1.49. The largest absolute Gasteiger partial charge is 0.338 e. The standard InChI is InChI=1S/C18H24N2O/c21-18(20-10-9-13-5-3-4-8-17(13)20)16-11-14-6-1-2-7-15(14)12-19-16/h1-2,6-7,13,16-17,19H,3-5,8-12H2. The fourth-order valence-electron chi connectivity index (χ4n) is 4.51. The number of likely N-dealkylation sites (tertiary alicyclic amines) is 1. The number of amides is 1. The Bertz CT molecular complexity index is 542. The fraction of sp³-hybridized carbons (Fsp3) is 0.611. The van der Waals surface area contributed by atoms with Gasteiger partial charge in [-0.15, -0.1) is 0 Å². The molecule has 1 saturated carbocycles. The van der Waals surface area contributed by atoms with Gasteiger partial charge in [0.25, 0.3) is 0 Å². The molecule has 2 fully saturated rings. The lowest BCUT2D eigenvalue weighted by Gasteiger charge is -2.35. The maximum Gasteiger partial charge on any atom is 0.240 e. The lowest BCUT2D eigenvalue weighted by molar-refractivity contribution is -0.135. The third kappa shape index (κ3) is 2.38. The van der Waals surface area contributed by atoms with E-state index in [-0.39, 0.29) is 6.04 Å². The quantitative estimate of drug-likeness (QED) is 0.859. The molecule has 3 atom stereocenters. The van der Waals surface area contributed by atoms with Crippen LogP contribution < -0.4 is 5.32 Å². The van der Waals surface area contributed by atoms with E-state index >= 15 is 0 Å². The molecule has 1 aromatic carbocycles. The Hall–Kier alpha value is -1.35. The first kappa shape index (κ1) is 13.3. The smallest absolute Gasteiger partial charge is 0.240 e. The number of rotatable bonds is 1. The number of fused-ring (bicyclic) bond motifs is 2. The van der Waals surface area contributed by atoms with E-state index in [1.807, 2.05) is 0 Å². The van der Waals surface area contributed by atoms with Gasteiger partial charge in [0.1, 0.15) is 0 Å². The van der Waals surface area contributed by atoms with E-state index in [0.717, 1.165) is 25.4 Å². The SMILES string of the molecule is O=C(C1Cc2ccccc2CN1)N1CCC2CCCCC21. The van der Waals surface area contributed by atoms with Crippen molar-refractivity contribution in [2.45, 2.75) is 57.2 Å². The monoisotopic (exact) mass is 284 g/mol. The molecule has 0 radical (unpaired) electrons. The molecule has 3 aliphatic rings. The van der Waals surface area contributed by atoms with Crippen molar-refractivity contribution in [1.82, 2.24) is 10.2 Å². The molecule has 1 amide bonds. The second-order valence-corrected chi connectivity index (χ2v) is 6.84. The Morgan fingerprint density at radius 3 is 2.81 bits per heavy atom. The van der Waals surface area contributed by atoms with Crippen LogP contribution in [0.3, 0.4) is 0 Å². The van der Waals surface area contributed by atoms with Crippen molar-refractivity contribution in [3.05, 3.63) is 35.4 Å². The van der Waals surface area contributed by atoms with E-state index in [0.29, 0.717) is 11.9 Å². The molecule has 0 bridgehead atoms. The van der Waals surface area contributed by atoms with Crippen molar-refractivity contribution >= 4 is 5.91 Å². The predicted molar refractivity (Wildman–Crippen MR) is 82.8 cm³/mol. The third-order valence-electron chi connectivity index (χ3n) is 5.67. The van der Waals surface area contributed by atoms with Gasteiger partial charge in [0.05, 0.1) is 6.04 Å². The van der Waals surface area contributed by atoms with E-state index in [4.69, 9.17) is 0 Å². The number of benzene rings is 1. The summed E-state index contributed by atoms with van der Waals surface area (Å²) in [7, 11) is 0. The highest BCUT2D eigenvalue weighted by Gasteiger charge is 2.40.